The van der Waals surface area contributed by atoms with Crippen LogP contribution in [0.5, 0.6) is 0 Å². The largest absolute Gasteiger partial charge is 0.457 e. The summed E-state index contributed by atoms with van der Waals surface area (Å²) in [6.45, 7) is 0.261. The molecule has 6 rings (SSSR count). The van der Waals surface area contributed by atoms with E-state index in [1.54, 1.807) is 6.07 Å². The number of carbonyl (C=O) groups is 1. The van der Waals surface area contributed by atoms with Crippen LogP contribution in [0.25, 0.3) is 0 Å². The van der Waals surface area contributed by atoms with E-state index in [2.05, 4.69) is 11.1 Å². The van der Waals surface area contributed by atoms with Crippen molar-refractivity contribution in [1.29, 1.82) is 5.26 Å². The fraction of sp³-hybridized carbons (Fsp3) is 0.323. The summed E-state index contributed by atoms with van der Waals surface area (Å²) >= 11 is 6.42. The average molecular weight is 510 g/mol. The molecular weight excluding hydrogens is 482 g/mol. The number of hydrazone groups is 1. The van der Waals surface area contributed by atoms with E-state index in [4.69, 9.17) is 21.4 Å². The zero-order valence-corrected chi connectivity index (χ0v) is 21.3. The van der Waals surface area contributed by atoms with Crippen molar-refractivity contribution in [3.05, 3.63) is 99.6 Å². The topological polar surface area (TPSA) is 65.7 Å². The number of anilines is 1. The molecule has 186 valence electrons. The molecule has 3 aromatic rings. The molecule has 0 spiro atoms. The van der Waals surface area contributed by atoms with Gasteiger partial charge in [0.2, 0.25) is 0 Å². The van der Waals surface area contributed by atoms with Gasteiger partial charge in [-0.05, 0) is 73.1 Å². The van der Waals surface area contributed by atoms with Crippen molar-refractivity contribution >= 4 is 29.0 Å². The van der Waals surface area contributed by atoms with Crippen molar-refractivity contribution in [3.63, 3.8) is 0 Å². The maximum atomic E-state index is 12.8. The lowest BCUT2D eigenvalue weighted by Crippen LogP contribution is -2.40. The monoisotopic (exact) mass is 509 g/mol. The quantitative estimate of drug-likeness (QED) is 0.350. The third kappa shape index (κ3) is 4.51. The van der Waals surface area contributed by atoms with Crippen molar-refractivity contribution in [1.82, 2.24) is 0 Å². The summed E-state index contributed by atoms with van der Waals surface area (Å²) in [4.78, 5) is 12.8. The molecule has 0 N–H and O–H groups in total. The van der Waals surface area contributed by atoms with E-state index in [-0.39, 0.29) is 18.6 Å². The molecule has 1 heterocycles. The third-order valence-corrected chi connectivity index (χ3v) is 8.35. The Morgan fingerprint density at radius 2 is 1.86 bits per heavy atom. The minimum atomic E-state index is -0.306. The van der Waals surface area contributed by atoms with Crippen LogP contribution >= 0.6 is 11.6 Å². The minimum Gasteiger partial charge on any atom is -0.457 e. The minimum absolute atomic E-state index is 0.261. The van der Waals surface area contributed by atoms with Gasteiger partial charge in [0.25, 0.3) is 0 Å². The molecule has 6 heteroatoms. The first-order chi connectivity index (χ1) is 18.1. The van der Waals surface area contributed by atoms with Gasteiger partial charge in [-0.1, -0.05) is 60.8 Å². The molecule has 1 saturated carbocycles. The van der Waals surface area contributed by atoms with Gasteiger partial charge < -0.3 is 4.74 Å². The maximum Gasteiger partial charge on any atom is 0.338 e. The van der Waals surface area contributed by atoms with Crippen LogP contribution in [0.2, 0.25) is 5.02 Å². The molecule has 2 atom stereocenters. The van der Waals surface area contributed by atoms with Crippen LogP contribution in [-0.4, -0.2) is 17.7 Å². The van der Waals surface area contributed by atoms with E-state index < -0.39 is 0 Å². The normalized spacial score (nSPS) is 20.6. The highest BCUT2D eigenvalue weighted by Crippen LogP contribution is 2.45. The van der Waals surface area contributed by atoms with Crippen LogP contribution in [-0.2, 0) is 17.8 Å². The van der Waals surface area contributed by atoms with E-state index >= 15 is 0 Å². The molecule has 1 aliphatic heterocycles. The Morgan fingerprint density at radius 3 is 2.62 bits per heavy atom. The van der Waals surface area contributed by atoms with Crippen LogP contribution in [0.1, 0.15) is 64.7 Å². The Balaban J connectivity index is 1.29. The number of hydrogen-bond donors (Lipinski definition) is 0. The number of ether oxygens (including phenoxy) is 1. The second-order valence-electron chi connectivity index (χ2n) is 10.2. The average Bonchev–Trinajstić information content (AvgIpc) is 3.60. The molecule has 3 aromatic carbocycles. The second kappa shape index (κ2) is 10.0. The number of aryl methyl sites for hydroxylation is 1. The summed E-state index contributed by atoms with van der Waals surface area (Å²) in [6.07, 6.45) is 6.85. The van der Waals surface area contributed by atoms with E-state index in [9.17, 15) is 10.1 Å². The first-order valence-corrected chi connectivity index (χ1v) is 13.4. The molecule has 0 aromatic heterocycles. The van der Waals surface area contributed by atoms with Crippen molar-refractivity contribution < 1.29 is 9.53 Å². The summed E-state index contributed by atoms with van der Waals surface area (Å²) < 4.78 is 5.57. The predicted molar refractivity (Wildman–Crippen MR) is 145 cm³/mol. The first kappa shape index (κ1) is 23.8. The number of nitriles is 1. The van der Waals surface area contributed by atoms with Gasteiger partial charge in [-0.25, -0.2) is 4.79 Å². The Morgan fingerprint density at radius 1 is 1.05 bits per heavy atom. The summed E-state index contributed by atoms with van der Waals surface area (Å²) in [5, 5.41) is 17.1. The number of esters is 1. The van der Waals surface area contributed by atoms with Crippen molar-refractivity contribution in [2.24, 2.45) is 16.9 Å². The highest BCUT2D eigenvalue weighted by atomic mass is 35.5. The lowest BCUT2D eigenvalue weighted by atomic mass is 9.75. The Bertz CT molecular complexity index is 1410. The maximum absolute atomic E-state index is 12.8. The molecule has 37 heavy (non-hydrogen) atoms. The van der Waals surface area contributed by atoms with Crippen molar-refractivity contribution in [2.75, 3.05) is 5.01 Å². The lowest BCUT2D eigenvalue weighted by Gasteiger charge is -2.34. The van der Waals surface area contributed by atoms with Gasteiger partial charge in [0.1, 0.15) is 12.7 Å². The van der Waals surface area contributed by atoms with Crippen LogP contribution in [0, 0.1) is 23.2 Å². The number of carbonyl (C=O) groups excluding carboxylic acids is 1. The standard InChI is InChI=1S/C31H28ClN3O2/c32-28-17-25(13-10-24(28)18-33)35-30(21-8-4-5-9-21)27-15-11-22-16-23(12-14-26(22)29(27)34-35)31(36)37-19-20-6-2-1-3-7-20/h1-3,6-7,10,12-14,16-17,21,27,30H,4-5,8-9,11,15,19H2. The highest BCUT2D eigenvalue weighted by Gasteiger charge is 2.45. The molecule has 2 aliphatic carbocycles. The molecule has 2 unspecified atom stereocenters. The highest BCUT2D eigenvalue weighted by molar-refractivity contribution is 6.32. The molecule has 0 amide bonds. The molecule has 1 fully saturated rings. The smallest absolute Gasteiger partial charge is 0.338 e. The van der Waals surface area contributed by atoms with E-state index in [0.29, 0.717) is 28.0 Å². The number of rotatable bonds is 5. The summed E-state index contributed by atoms with van der Waals surface area (Å²) in [5.41, 5.74) is 6.33. The Hall–Kier alpha value is -3.62. The summed E-state index contributed by atoms with van der Waals surface area (Å²) in [5.74, 6) is 0.607. The molecule has 3 aliphatic rings. The van der Waals surface area contributed by atoms with Gasteiger partial charge in [0.05, 0.1) is 33.6 Å². The number of halogens is 1. The fourth-order valence-electron chi connectivity index (χ4n) is 6.24. The Kier molecular flexibility index (Phi) is 6.44. The van der Waals surface area contributed by atoms with Crippen LogP contribution in [0.15, 0.2) is 71.8 Å². The first-order valence-electron chi connectivity index (χ1n) is 13.0. The molecule has 0 bridgehead atoms. The second-order valence-corrected chi connectivity index (χ2v) is 10.6. The van der Waals surface area contributed by atoms with Gasteiger partial charge >= 0.3 is 5.97 Å². The SMILES string of the molecule is N#Cc1ccc(N2N=C3c4ccc(C(=O)OCc5ccccc5)cc4CCC3C2C2CCCC2)cc1Cl. The summed E-state index contributed by atoms with van der Waals surface area (Å²) in [7, 11) is 0. The van der Waals surface area contributed by atoms with Crippen molar-refractivity contribution in [3.8, 4) is 6.07 Å². The third-order valence-electron chi connectivity index (χ3n) is 8.04. The number of nitrogens with zero attached hydrogens (tertiary/aromatic N) is 3. The molecular formula is C31H28ClN3O2. The van der Waals surface area contributed by atoms with Gasteiger partial charge in [0, 0.05) is 11.5 Å². The molecule has 5 nitrogen and oxygen atoms in total. The fourth-order valence-corrected chi connectivity index (χ4v) is 6.46. The van der Waals surface area contributed by atoms with E-state index in [1.807, 2.05) is 60.7 Å². The van der Waals surface area contributed by atoms with Gasteiger partial charge in [-0.15, -0.1) is 0 Å². The van der Waals surface area contributed by atoms with Crippen LogP contribution < -0.4 is 5.01 Å². The Labute approximate surface area is 222 Å². The van der Waals surface area contributed by atoms with Crippen molar-refractivity contribution in [2.45, 2.75) is 51.2 Å². The van der Waals surface area contributed by atoms with Gasteiger partial charge in [-0.3, -0.25) is 5.01 Å². The zero-order chi connectivity index (χ0) is 25.4. The zero-order valence-electron chi connectivity index (χ0n) is 20.6. The molecule has 0 radical (unpaired) electrons. The lowest BCUT2D eigenvalue weighted by molar-refractivity contribution is 0.0472. The summed E-state index contributed by atoms with van der Waals surface area (Å²) in [6, 6.07) is 23.7. The molecule has 0 saturated heterocycles. The number of hydrogen-bond acceptors (Lipinski definition) is 5. The number of fused-ring (bicyclic) bond motifs is 3. The predicted octanol–water partition coefficient (Wildman–Crippen LogP) is 6.91. The van der Waals surface area contributed by atoms with Gasteiger partial charge in [-0.2, -0.15) is 10.4 Å². The van der Waals surface area contributed by atoms with Gasteiger partial charge in [0.15, 0.2) is 0 Å². The van der Waals surface area contributed by atoms with Crippen LogP contribution in [0.3, 0.4) is 0 Å². The van der Waals surface area contributed by atoms with Crippen LogP contribution in [0.4, 0.5) is 5.69 Å². The number of benzene rings is 3. The van der Waals surface area contributed by atoms with E-state index in [0.717, 1.165) is 40.9 Å². The van der Waals surface area contributed by atoms with E-state index in [1.165, 1.54) is 25.7 Å².